The maximum atomic E-state index is 13.0. The summed E-state index contributed by atoms with van der Waals surface area (Å²) < 4.78 is 25.7. The summed E-state index contributed by atoms with van der Waals surface area (Å²) in [5, 5.41) is 10.5. The van der Waals surface area contributed by atoms with Crippen molar-refractivity contribution in [3.63, 3.8) is 0 Å². The second-order valence-corrected chi connectivity index (χ2v) is 4.87. The van der Waals surface area contributed by atoms with Gasteiger partial charge in [-0.1, -0.05) is 0 Å². The van der Waals surface area contributed by atoms with E-state index in [2.05, 4.69) is 4.98 Å². The van der Waals surface area contributed by atoms with E-state index in [1.807, 2.05) is 0 Å². The van der Waals surface area contributed by atoms with Crippen molar-refractivity contribution in [1.82, 2.24) is 4.98 Å². The van der Waals surface area contributed by atoms with Crippen molar-refractivity contribution in [1.29, 1.82) is 0 Å². The molecule has 5 nitrogen and oxygen atoms in total. The Morgan fingerprint density at radius 2 is 2.05 bits per heavy atom. The SMILES string of the molecule is O=C(CSc1ccc(F)c(F)c1)c1cc([N+](=O)[O-])c[nH]1. The van der Waals surface area contributed by atoms with Crippen LogP contribution in [0.2, 0.25) is 0 Å². The fourth-order valence-corrected chi connectivity index (χ4v) is 2.25. The van der Waals surface area contributed by atoms with Crippen molar-refractivity contribution in [3.8, 4) is 0 Å². The lowest BCUT2D eigenvalue weighted by molar-refractivity contribution is -0.384. The summed E-state index contributed by atoms with van der Waals surface area (Å²) in [6.45, 7) is 0. The number of hydrogen-bond donors (Lipinski definition) is 1. The molecule has 0 aliphatic rings. The molecular formula is C12H8F2N2O3S. The highest BCUT2D eigenvalue weighted by molar-refractivity contribution is 8.00. The van der Waals surface area contributed by atoms with Crippen LogP contribution in [0, 0.1) is 21.7 Å². The molecule has 0 aliphatic heterocycles. The molecule has 0 spiro atoms. The summed E-state index contributed by atoms with van der Waals surface area (Å²) in [5.41, 5.74) is -0.0991. The van der Waals surface area contributed by atoms with Crippen molar-refractivity contribution in [3.05, 3.63) is 57.9 Å². The minimum absolute atomic E-state index is 0.0389. The Labute approximate surface area is 116 Å². The molecule has 0 atom stereocenters. The normalized spacial score (nSPS) is 10.5. The van der Waals surface area contributed by atoms with E-state index in [1.165, 1.54) is 6.07 Å². The number of carbonyl (C=O) groups is 1. The highest BCUT2D eigenvalue weighted by Crippen LogP contribution is 2.22. The third-order valence-electron chi connectivity index (χ3n) is 2.44. The first-order chi connectivity index (χ1) is 9.47. The molecule has 0 radical (unpaired) electrons. The number of thioether (sulfide) groups is 1. The molecule has 1 aromatic carbocycles. The molecule has 20 heavy (non-hydrogen) atoms. The number of benzene rings is 1. The van der Waals surface area contributed by atoms with Gasteiger partial charge in [0.2, 0.25) is 0 Å². The maximum absolute atomic E-state index is 13.0. The second kappa shape index (κ2) is 5.83. The van der Waals surface area contributed by atoms with E-state index in [1.54, 1.807) is 0 Å². The number of nitro groups is 1. The first kappa shape index (κ1) is 14.2. The Balaban J connectivity index is 2.00. The monoisotopic (exact) mass is 298 g/mol. The summed E-state index contributed by atoms with van der Waals surface area (Å²) in [5.74, 6) is -2.35. The highest BCUT2D eigenvalue weighted by atomic mass is 32.2. The summed E-state index contributed by atoms with van der Waals surface area (Å²) in [4.78, 5) is 24.5. The predicted octanol–water partition coefficient (Wildman–Crippen LogP) is 3.18. The smallest absolute Gasteiger partial charge is 0.287 e. The quantitative estimate of drug-likeness (QED) is 0.398. The van der Waals surface area contributed by atoms with E-state index < -0.39 is 16.6 Å². The highest BCUT2D eigenvalue weighted by Gasteiger charge is 2.15. The molecule has 2 aromatic rings. The van der Waals surface area contributed by atoms with Crippen LogP contribution >= 0.6 is 11.8 Å². The van der Waals surface area contributed by atoms with Gasteiger partial charge in [-0.25, -0.2) is 8.78 Å². The molecule has 0 aliphatic carbocycles. The Hall–Kier alpha value is -2.22. The van der Waals surface area contributed by atoms with Gasteiger partial charge in [0.1, 0.15) is 0 Å². The van der Waals surface area contributed by atoms with Crippen LogP contribution < -0.4 is 0 Å². The zero-order valence-corrected chi connectivity index (χ0v) is 10.7. The van der Waals surface area contributed by atoms with Crippen molar-refractivity contribution >= 4 is 23.2 Å². The molecule has 1 heterocycles. The van der Waals surface area contributed by atoms with E-state index in [-0.39, 0.29) is 22.9 Å². The minimum atomic E-state index is -0.988. The number of Topliss-reactive ketones (excluding diaryl/α,β-unsaturated/α-hetero) is 1. The molecule has 8 heteroatoms. The first-order valence-electron chi connectivity index (χ1n) is 5.41. The maximum Gasteiger partial charge on any atom is 0.287 e. The van der Waals surface area contributed by atoms with E-state index in [9.17, 15) is 23.7 Å². The van der Waals surface area contributed by atoms with Crippen LogP contribution in [-0.2, 0) is 0 Å². The van der Waals surface area contributed by atoms with Crippen LogP contribution in [-0.4, -0.2) is 21.4 Å². The number of nitrogens with zero attached hydrogens (tertiary/aromatic N) is 1. The molecule has 0 fully saturated rings. The zero-order chi connectivity index (χ0) is 14.7. The number of ketones is 1. The van der Waals surface area contributed by atoms with Crippen LogP contribution in [0.25, 0.3) is 0 Å². The predicted molar refractivity (Wildman–Crippen MR) is 68.9 cm³/mol. The Morgan fingerprint density at radius 1 is 1.30 bits per heavy atom. The van der Waals surface area contributed by atoms with Crippen LogP contribution in [0.15, 0.2) is 35.4 Å². The fourth-order valence-electron chi connectivity index (χ4n) is 1.44. The third kappa shape index (κ3) is 3.21. The van der Waals surface area contributed by atoms with Crippen LogP contribution in [0.5, 0.6) is 0 Å². The number of aromatic nitrogens is 1. The summed E-state index contributed by atoms with van der Waals surface area (Å²) in [6, 6.07) is 4.45. The Morgan fingerprint density at radius 3 is 2.65 bits per heavy atom. The van der Waals surface area contributed by atoms with Crippen molar-refractivity contribution in [2.24, 2.45) is 0 Å². The van der Waals surface area contributed by atoms with Gasteiger partial charge in [0.25, 0.3) is 5.69 Å². The molecule has 0 unspecified atom stereocenters. The van der Waals surface area contributed by atoms with Gasteiger partial charge in [0.15, 0.2) is 17.4 Å². The molecule has 2 rings (SSSR count). The van der Waals surface area contributed by atoms with Crippen LogP contribution in [0.4, 0.5) is 14.5 Å². The van der Waals surface area contributed by atoms with E-state index >= 15 is 0 Å². The number of hydrogen-bond acceptors (Lipinski definition) is 4. The van der Waals surface area contributed by atoms with Gasteiger partial charge in [-0.15, -0.1) is 11.8 Å². The standard InChI is InChI=1S/C12H8F2N2O3S/c13-9-2-1-8(4-10(9)14)20-6-12(17)11-3-7(5-15-11)16(18)19/h1-5,15H,6H2. The van der Waals surface area contributed by atoms with Crippen molar-refractivity contribution < 1.29 is 18.5 Å². The molecule has 0 amide bonds. The summed E-state index contributed by atoms with van der Waals surface area (Å²) in [6.07, 6.45) is 1.12. The van der Waals surface area contributed by atoms with Crippen molar-refractivity contribution in [2.75, 3.05) is 5.75 Å². The molecule has 0 saturated carbocycles. The van der Waals surface area contributed by atoms with Gasteiger partial charge in [-0.05, 0) is 18.2 Å². The number of halogens is 2. The van der Waals surface area contributed by atoms with Gasteiger partial charge in [0.05, 0.1) is 22.6 Å². The number of carbonyl (C=O) groups excluding carboxylic acids is 1. The van der Waals surface area contributed by atoms with Gasteiger partial charge in [-0.3, -0.25) is 14.9 Å². The number of nitrogens with one attached hydrogen (secondary N) is 1. The van der Waals surface area contributed by atoms with Crippen molar-refractivity contribution in [2.45, 2.75) is 4.90 Å². The van der Waals surface area contributed by atoms with Crippen LogP contribution in [0.3, 0.4) is 0 Å². The fraction of sp³-hybridized carbons (Fsp3) is 0.0833. The van der Waals surface area contributed by atoms with Gasteiger partial charge in [-0.2, -0.15) is 0 Å². The Bertz CT molecular complexity index is 672. The van der Waals surface area contributed by atoms with Gasteiger partial charge < -0.3 is 4.98 Å². The van der Waals surface area contributed by atoms with Gasteiger partial charge >= 0.3 is 0 Å². The lowest BCUT2D eigenvalue weighted by Crippen LogP contribution is -2.02. The van der Waals surface area contributed by atoms with Gasteiger partial charge in [0, 0.05) is 11.0 Å². The molecular weight excluding hydrogens is 290 g/mol. The number of aromatic amines is 1. The van der Waals surface area contributed by atoms with Crippen LogP contribution in [0.1, 0.15) is 10.5 Å². The average Bonchev–Trinajstić information content (AvgIpc) is 2.89. The molecule has 1 N–H and O–H groups in total. The summed E-state index contributed by atoms with van der Waals surface area (Å²) in [7, 11) is 0. The zero-order valence-electron chi connectivity index (χ0n) is 9.93. The molecule has 104 valence electrons. The molecule has 1 aromatic heterocycles. The van der Waals surface area contributed by atoms with E-state index in [0.29, 0.717) is 4.90 Å². The topological polar surface area (TPSA) is 76.0 Å². The van der Waals surface area contributed by atoms with E-state index in [0.717, 1.165) is 36.2 Å². The minimum Gasteiger partial charge on any atom is -0.353 e. The number of rotatable bonds is 5. The molecule has 0 bridgehead atoms. The first-order valence-corrected chi connectivity index (χ1v) is 6.40. The summed E-state index contributed by atoms with van der Waals surface area (Å²) >= 11 is 1.02. The second-order valence-electron chi connectivity index (χ2n) is 3.82. The molecule has 0 saturated heterocycles. The Kier molecular flexibility index (Phi) is 4.14. The third-order valence-corrected chi connectivity index (χ3v) is 3.43. The lowest BCUT2D eigenvalue weighted by Gasteiger charge is -2.01. The number of H-pyrrole nitrogens is 1. The lowest BCUT2D eigenvalue weighted by atomic mass is 10.3. The average molecular weight is 298 g/mol. The largest absolute Gasteiger partial charge is 0.353 e. The van der Waals surface area contributed by atoms with E-state index in [4.69, 9.17) is 0 Å².